The number of thioether (sulfide) groups is 1. The molecule has 1 atom stereocenters. The summed E-state index contributed by atoms with van der Waals surface area (Å²) >= 11 is 1.22. The van der Waals surface area contributed by atoms with Gasteiger partial charge in [-0.15, -0.1) is 11.8 Å². The van der Waals surface area contributed by atoms with Gasteiger partial charge < -0.3 is 5.73 Å². The minimum Gasteiger partial charge on any atom is -0.310 e. The van der Waals surface area contributed by atoms with Crippen molar-refractivity contribution in [3.8, 4) is 6.07 Å². The molecule has 0 fully saturated rings. The average Bonchev–Trinajstić information content (AvgIpc) is 2.50. The van der Waals surface area contributed by atoms with Crippen molar-refractivity contribution in [1.82, 2.24) is 0 Å². The molecule has 1 unspecified atom stereocenters. The summed E-state index contributed by atoms with van der Waals surface area (Å²) in [5, 5.41) is 9.32. The Morgan fingerprint density at radius 1 is 1.14 bits per heavy atom. The summed E-state index contributed by atoms with van der Waals surface area (Å²) in [6, 6.07) is 14.7. The normalized spacial score (nSPS) is 13.4. The summed E-state index contributed by atoms with van der Waals surface area (Å²) < 4.78 is 26.3. The number of rotatable bonds is 5. The van der Waals surface area contributed by atoms with E-state index in [4.69, 9.17) is 5.73 Å². The van der Waals surface area contributed by atoms with E-state index in [0.717, 1.165) is 11.6 Å². The van der Waals surface area contributed by atoms with E-state index in [0.29, 0.717) is 17.1 Å². The van der Waals surface area contributed by atoms with Crippen LogP contribution in [0.15, 0.2) is 53.4 Å². The first-order valence-corrected chi connectivity index (χ1v) is 7.37. The smallest absolute Gasteiger partial charge is 0.139 e. The van der Waals surface area contributed by atoms with E-state index in [2.05, 4.69) is 6.07 Å². The van der Waals surface area contributed by atoms with Gasteiger partial charge >= 0.3 is 0 Å². The number of hydrogen-bond donors (Lipinski definition) is 1. The topological polar surface area (TPSA) is 49.8 Å². The van der Waals surface area contributed by atoms with E-state index in [1.165, 1.54) is 23.9 Å². The number of nitriles is 1. The lowest BCUT2D eigenvalue weighted by molar-refractivity contribution is 0.556. The van der Waals surface area contributed by atoms with Crippen LogP contribution in [-0.4, -0.2) is 5.75 Å². The molecule has 0 spiro atoms. The first-order valence-electron chi connectivity index (χ1n) is 6.39. The van der Waals surface area contributed by atoms with Crippen LogP contribution in [0, 0.1) is 23.0 Å². The van der Waals surface area contributed by atoms with Crippen molar-refractivity contribution in [2.75, 3.05) is 5.75 Å². The predicted octanol–water partition coefficient (Wildman–Crippen LogP) is 3.82. The Kier molecular flexibility index (Phi) is 4.94. The van der Waals surface area contributed by atoms with Crippen molar-refractivity contribution in [2.24, 2.45) is 5.73 Å². The van der Waals surface area contributed by atoms with E-state index in [1.54, 1.807) is 12.1 Å². The summed E-state index contributed by atoms with van der Waals surface area (Å²) in [7, 11) is 0. The largest absolute Gasteiger partial charge is 0.310 e. The zero-order valence-corrected chi connectivity index (χ0v) is 12.0. The van der Waals surface area contributed by atoms with E-state index < -0.39 is 17.2 Å². The molecule has 0 aliphatic carbocycles. The van der Waals surface area contributed by atoms with Crippen molar-refractivity contribution in [3.63, 3.8) is 0 Å². The minimum atomic E-state index is -1.11. The third kappa shape index (κ3) is 3.81. The summed E-state index contributed by atoms with van der Waals surface area (Å²) in [6.45, 7) is 0. The molecule has 0 radical (unpaired) electrons. The quantitative estimate of drug-likeness (QED) is 0.854. The molecule has 0 bridgehead atoms. The van der Waals surface area contributed by atoms with Crippen molar-refractivity contribution in [1.29, 1.82) is 5.26 Å². The molecular formula is C16H14F2N2S. The van der Waals surface area contributed by atoms with E-state index in [1.807, 2.05) is 18.2 Å². The Hall–Kier alpha value is -1.90. The second-order valence-electron chi connectivity index (χ2n) is 4.62. The third-order valence-corrected chi connectivity index (χ3v) is 4.19. The fourth-order valence-electron chi connectivity index (χ4n) is 1.91. The minimum absolute atomic E-state index is 0.352. The van der Waals surface area contributed by atoms with Crippen LogP contribution in [0.25, 0.3) is 0 Å². The molecule has 0 heterocycles. The molecule has 2 aromatic rings. The molecule has 2 N–H and O–H groups in total. The van der Waals surface area contributed by atoms with Gasteiger partial charge in [-0.1, -0.05) is 30.3 Å². The van der Waals surface area contributed by atoms with Gasteiger partial charge in [-0.05, 0) is 24.1 Å². The van der Waals surface area contributed by atoms with Gasteiger partial charge in [0.25, 0.3) is 0 Å². The third-order valence-electron chi connectivity index (χ3n) is 3.14. The molecule has 0 amide bonds. The highest BCUT2D eigenvalue weighted by Gasteiger charge is 2.26. The van der Waals surface area contributed by atoms with Crippen LogP contribution in [0.1, 0.15) is 12.0 Å². The SMILES string of the molecule is N#CC(N)(CCSc1ccc(F)cc1F)c1ccccc1. The highest BCUT2D eigenvalue weighted by molar-refractivity contribution is 7.99. The van der Waals surface area contributed by atoms with Crippen LogP contribution in [-0.2, 0) is 5.54 Å². The van der Waals surface area contributed by atoms with Crippen molar-refractivity contribution < 1.29 is 8.78 Å². The fraction of sp³-hybridized carbons (Fsp3) is 0.188. The van der Waals surface area contributed by atoms with Crippen LogP contribution < -0.4 is 5.73 Å². The summed E-state index contributed by atoms with van der Waals surface area (Å²) in [5.41, 5.74) is 5.74. The van der Waals surface area contributed by atoms with Gasteiger partial charge in [0.2, 0.25) is 0 Å². The fourth-order valence-corrected chi connectivity index (χ4v) is 2.92. The van der Waals surface area contributed by atoms with Crippen LogP contribution in [0.5, 0.6) is 0 Å². The van der Waals surface area contributed by atoms with Gasteiger partial charge in [-0.3, -0.25) is 0 Å². The molecule has 21 heavy (non-hydrogen) atoms. The molecule has 0 aromatic heterocycles. The molecule has 0 aliphatic heterocycles. The zero-order valence-electron chi connectivity index (χ0n) is 11.2. The molecule has 2 aromatic carbocycles. The van der Waals surface area contributed by atoms with Crippen molar-refractivity contribution in [2.45, 2.75) is 16.9 Å². The first-order chi connectivity index (χ1) is 10.0. The Balaban J connectivity index is 2.03. The lowest BCUT2D eigenvalue weighted by Gasteiger charge is -2.21. The second kappa shape index (κ2) is 6.70. The summed E-state index contributed by atoms with van der Waals surface area (Å²) in [6.07, 6.45) is 0.370. The van der Waals surface area contributed by atoms with Gasteiger partial charge in [0, 0.05) is 16.7 Å². The lowest BCUT2D eigenvalue weighted by atomic mass is 9.90. The van der Waals surface area contributed by atoms with Gasteiger partial charge in [-0.2, -0.15) is 5.26 Å². The maximum atomic E-state index is 13.5. The highest BCUT2D eigenvalue weighted by atomic mass is 32.2. The molecule has 0 saturated carbocycles. The van der Waals surface area contributed by atoms with Gasteiger partial charge in [0.1, 0.15) is 17.2 Å². The van der Waals surface area contributed by atoms with Crippen molar-refractivity contribution >= 4 is 11.8 Å². The van der Waals surface area contributed by atoms with Gasteiger partial charge in [0.05, 0.1) is 6.07 Å². The summed E-state index contributed by atoms with van der Waals surface area (Å²) in [5.74, 6) is -0.743. The molecule has 0 aliphatic rings. The highest BCUT2D eigenvalue weighted by Crippen LogP contribution is 2.28. The summed E-state index contributed by atoms with van der Waals surface area (Å²) in [4.78, 5) is 0.352. The standard InChI is InChI=1S/C16H14F2N2S/c17-13-6-7-15(14(18)10-13)21-9-8-16(20,11-19)12-4-2-1-3-5-12/h1-7,10H,8-9,20H2. The molecule has 0 saturated heterocycles. The number of halogens is 2. The predicted molar refractivity (Wildman–Crippen MR) is 79.6 cm³/mol. The van der Waals surface area contributed by atoms with Gasteiger partial charge in [0.15, 0.2) is 0 Å². The zero-order chi connectivity index (χ0) is 15.3. The Morgan fingerprint density at radius 2 is 1.86 bits per heavy atom. The van der Waals surface area contributed by atoms with E-state index in [-0.39, 0.29) is 0 Å². The molecule has 108 valence electrons. The first kappa shape index (κ1) is 15.5. The number of hydrogen-bond acceptors (Lipinski definition) is 3. The van der Waals surface area contributed by atoms with Crippen LogP contribution in [0.3, 0.4) is 0 Å². The molecular weight excluding hydrogens is 290 g/mol. The lowest BCUT2D eigenvalue weighted by Crippen LogP contribution is -2.35. The number of nitrogens with zero attached hydrogens (tertiary/aromatic N) is 1. The van der Waals surface area contributed by atoms with Crippen LogP contribution in [0.2, 0.25) is 0 Å². The Labute approximate surface area is 126 Å². The average molecular weight is 304 g/mol. The molecule has 2 rings (SSSR count). The van der Waals surface area contributed by atoms with E-state index >= 15 is 0 Å². The van der Waals surface area contributed by atoms with Crippen LogP contribution in [0.4, 0.5) is 8.78 Å². The Bertz CT molecular complexity index is 655. The maximum absolute atomic E-state index is 13.5. The van der Waals surface area contributed by atoms with Crippen LogP contribution >= 0.6 is 11.8 Å². The second-order valence-corrected chi connectivity index (χ2v) is 5.76. The number of benzene rings is 2. The molecule has 5 heteroatoms. The molecule has 2 nitrogen and oxygen atoms in total. The maximum Gasteiger partial charge on any atom is 0.139 e. The van der Waals surface area contributed by atoms with E-state index in [9.17, 15) is 14.0 Å². The van der Waals surface area contributed by atoms with Gasteiger partial charge in [-0.25, -0.2) is 8.78 Å². The van der Waals surface area contributed by atoms with Crippen molar-refractivity contribution in [3.05, 3.63) is 65.7 Å². The number of nitrogens with two attached hydrogens (primary N) is 1. The monoisotopic (exact) mass is 304 g/mol. The Morgan fingerprint density at radius 3 is 2.48 bits per heavy atom.